The largest absolute Gasteiger partial charge is 0.492 e. The minimum atomic E-state index is -2.92. The van der Waals surface area contributed by atoms with Crippen LogP contribution in [-0.4, -0.2) is 32.2 Å². The molecule has 0 aliphatic carbocycles. The van der Waals surface area contributed by atoms with Gasteiger partial charge >= 0.3 is 6.61 Å². The van der Waals surface area contributed by atoms with Crippen LogP contribution in [0.5, 0.6) is 11.5 Å². The summed E-state index contributed by atoms with van der Waals surface area (Å²) in [5.41, 5.74) is 1.42. The maximum absolute atomic E-state index is 12.3. The van der Waals surface area contributed by atoms with Crippen LogP contribution in [0.2, 0.25) is 0 Å². The third-order valence-electron chi connectivity index (χ3n) is 3.23. The van der Waals surface area contributed by atoms with Crippen LogP contribution in [0, 0.1) is 6.92 Å². The molecule has 5 nitrogen and oxygen atoms in total. The number of ether oxygens (including phenoxy) is 2. The highest BCUT2D eigenvalue weighted by molar-refractivity contribution is 5.81. The predicted octanol–water partition coefficient (Wildman–Crippen LogP) is 3.20. The first kappa shape index (κ1) is 18.5. The fourth-order valence-corrected chi connectivity index (χ4v) is 2.11. The molecule has 0 radical (unpaired) electrons. The second kappa shape index (κ2) is 9.46. The Morgan fingerprint density at radius 2 is 1.96 bits per heavy atom. The van der Waals surface area contributed by atoms with E-state index >= 15 is 0 Å². The van der Waals surface area contributed by atoms with Crippen molar-refractivity contribution in [1.82, 2.24) is 5.32 Å². The Morgan fingerprint density at radius 1 is 1.16 bits per heavy atom. The molecule has 0 saturated carbocycles. The average Bonchev–Trinajstić information content (AvgIpc) is 2.57. The maximum Gasteiger partial charge on any atom is 0.387 e. The van der Waals surface area contributed by atoms with Crippen LogP contribution in [0.15, 0.2) is 48.5 Å². The van der Waals surface area contributed by atoms with Crippen molar-refractivity contribution in [3.63, 3.8) is 0 Å². The topological polar surface area (TPSA) is 59.6 Å². The summed E-state index contributed by atoms with van der Waals surface area (Å²) in [5, 5.41) is 5.46. The smallest absolute Gasteiger partial charge is 0.387 e. The van der Waals surface area contributed by atoms with Gasteiger partial charge in [0.1, 0.15) is 18.1 Å². The van der Waals surface area contributed by atoms with Crippen molar-refractivity contribution in [2.75, 3.05) is 25.0 Å². The van der Waals surface area contributed by atoms with E-state index in [2.05, 4.69) is 15.4 Å². The molecular formula is C18H20F2N2O3. The molecule has 0 heterocycles. The molecule has 1 amide bonds. The van der Waals surface area contributed by atoms with Crippen LogP contribution < -0.4 is 20.1 Å². The number of rotatable bonds is 9. The van der Waals surface area contributed by atoms with Crippen molar-refractivity contribution in [2.45, 2.75) is 13.5 Å². The number of para-hydroxylation sites is 2. The molecule has 0 spiro atoms. The minimum absolute atomic E-state index is 0.00641. The van der Waals surface area contributed by atoms with Gasteiger partial charge in [-0.15, -0.1) is 0 Å². The van der Waals surface area contributed by atoms with E-state index in [4.69, 9.17) is 4.74 Å². The number of aryl methyl sites for hydroxylation is 1. The van der Waals surface area contributed by atoms with Gasteiger partial charge in [0.2, 0.25) is 5.91 Å². The monoisotopic (exact) mass is 350 g/mol. The number of benzene rings is 2. The predicted molar refractivity (Wildman–Crippen MR) is 91.2 cm³/mol. The summed E-state index contributed by atoms with van der Waals surface area (Å²) in [6.45, 7) is -0.344. The summed E-state index contributed by atoms with van der Waals surface area (Å²) in [5.74, 6) is 0.457. The van der Waals surface area contributed by atoms with Crippen molar-refractivity contribution < 1.29 is 23.0 Å². The zero-order valence-corrected chi connectivity index (χ0v) is 13.8. The molecule has 2 aromatic rings. The highest BCUT2D eigenvalue weighted by Gasteiger charge is 2.09. The number of halogens is 2. The van der Waals surface area contributed by atoms with Crippen molar-refractivity contribution >= 4 is 11.6 Å². The lowest BCUT2D eigenvalue weighted by atomic mass is 10.2. The number of amides is 1. The molecule has 0 atom stereocenters. The lowest BCUT2D eigenvalue weighted by Crippen LogP contribution is -2.33. The quantitative estimate of drug-likeness (QED) is 0.682. The van der Waals surface area contributed by atoms with E-state index in [-0.39, 0.29) is 18.2 Å². The number of alkyl halides is 2. The van der Waals surface area contributed by atoms with Crippen molar-refractivity contribution in [2.24, 2.45) is 0 Å². The molecule has 0 fully saturated rings. The zero-order chi connectivity index (χ0) is 18.1. The van der Waals surface area contributed by atoms with Gasteiger partial charge in [0.25, 0.3) is 0 Å². The second-order valence-electron chi connectivity index (χ2n) is 5.24. The van der Waals surface area contributed by atoms with E-state index < -0.39 is 6.61 Å². The maximum atomic E-state index is 12.3. The van der Waals surface area contributed by atoms with Crippen LogP contribution in [-0.2, 0) is 4.79 Å². The standard InChI is InChI=1S/C18H20F2N2O3/c1-13-5-4-6-14(11-13)24-10-9-21-17(23)12-22-15-7-2-3-8-16(15)25-18(19)20/h2-8,11,18,22H,9-10,12H2,1H3,(H,21,23). The van der Waals surface area contributed by atoms with Gasteiger partial charge in [0, 0.05) is 0 Å². The molecule has 0 unspecified atom stereocenters. The molecule has 2 rings (SSSR count). The molecule has 0 aromatic heterocycles. The van der Waals surface area contributed by atoms with E-state index in [9.17, 15) is 13.6 Å². The van der Waals surface area contributed by atoms with E-state index in [0.29, 0.717) is 18.8 Å². The Hall–Kier alpha value is -2.83. The Balaban J connectivity index is 1.71. The molecule has 134 valence electrons. The molecule has 0 aliphatic rings. The Kier molecular flexibility index (Phi) is 7.00. The molecular weight excluding hydrogens is 330 g/mol. The van der Waals surface area contributed by atoms with Crippen LogP contribution in [0.4, 0.5) is 14.5 Å². The van der Waals surface area contributed by atoms with Crippen LogP contribution >= 0.6 is 0 Å². The molecule has 2 N–H and O–H groups in total. The Morgan fingerprint density at radius 3 is 2.72 bits per heavy atom. The number of carbonyl (C=O) groups excluding carboxylic acids is 1. The lowest BCUT2D eigenvalue weighted by molar-refractivity contribution is -0.119. The number of hydrogen-bond donors (Lipinski definition) is 2. The molecule has 7 heteroatoms. The first-order chi connectivity index (χ1) is 12.0. The van der Waals surface area contributed by atoms with Gasteiger partial charge in [0.15, 0.2) is 0 Å². The molecule has 0 aliphatic heterocycles. The molecule has 25 heavy (non-hydrogen) atoms. The first-order valence-electron chi connectivity index (χ1n) is 7.78. The van der Waals surface area contributed by atoms with Gasteiger partial charge in [-0.05, 0) is 36.8 Å². The average molecular weight is 350 g/mol. The third kappa shape index (κ3) is 6.66. The minimum Gasteiger partial charge on any atom is -0.492 e. The normalized spacial score (nSPS) is 10.4. The van der Waals surface area contributed by atoms with Crippen LogP contribution in [0.25, 0.3) is 0 Å². The fraction of sp³-hybridized carbons (Fsp3) is 0.278. The zero-order valence-electron chi connectivity index (χ0n) is 13.8. The van der Waals surface area contributed by atoms with Crippen molar-refractivity contribution in [1.29, 1.82) is 0 Å². The highest BCUT2D eigenvalue weighted by atomic mass is 19.3. The summed E-state index contributed by atoms with van der Waals surface area (Å²) >= 11 is 0. The van der Waals surface area contributed by atoms with Gasteiger partial charge in [-0.2, -0.15) is 8.78 Å². The van der Waals surface area contributed by atoms with Crippen LogP contribution in [0.3, 0.4) is 0 Å². The van der Waals surface area contributed by atoms with Gasteiger partial charge in [-0.3, -0.25) is 4.79 Å². The molecule has 2 aromatic carbocycles. The number of nitrogens with one attached hydrogen (secondary N) is 2. The summed E-state index contributed by atoms with van der Waals surface area (Å²) in [6.07, 6.45) is 0. The first-order valence-corrected chi connectivity index (χ1v) is 7.78. The number of hydrogen-bond acceptors (Lipinski definition) is 4. The number of carbonyl (C=O) groups is 1. The van der Waals surface area contributed by atoms with E-state index in [0.717, 1.165) is 11.3 Å². The van der Waals surface area contributed by atoms with Crippen molar-refractivity contribution in [3.05, 3.63) is 54.1 Å². The van der Waals surface area contributed by atoms with E-state index in [1.165, 1.54) is 6.07 Å². The van der Waals surface area contributed by atoms with Crippen molar-refractivity contribution in [3.8, 4) is 11.5 Å². The summed E-state index contributed by atoms with van der Waals surface area (Å²) in [6, 6.07) is 13.8. The number of anilines is 1. The second-order valence-corrected chi connectivity index (χ2v) is 5.24. The van der Waals surface area contributed by atoms with Crippen LogP contribution in [0.1, 0.15) is 5.56 Å². The summed E-state index contributed by atoms with van der Waals surface area (Å²) < 4.78 is 34.6. The lowest BCUT2D eigenvalue weighted by Gasteiger charge is -2.12. The van der Waals surface area contributed by atoms with E-state index in [1.54, 1.807) is 18.2 Å². The Labute approximate surface area is 144 Å². The van der Waals surface area contributed by atoms with E-state index in [1.807, 2.05) is 31.2 Å². The molecule has 0 saturated heterocycles. The summed E-state index contributed by atoms with van der Waals surface area (Å²) in [4.78, 5) is 11.8. The highest BCUT2D eigenvalue weighted by Crippen LogP contribution is 2.25. The van der Waals surface area contributed by atoms with Gasteiger partial charge in [-0.1, -0.05) is 24.3 Å². The van der Waals surface area contributed by atoms with Gasteiger partial charge < -0.3 is 20.1 Å². The van der Waals surface area contributed by atoms with Gasteiger partial charge in [-0.25, -0.2) is 0 Å². The Bertz CT molecular complexity index is 696. The SMILES string of the molecule is Cc1cccc(OCCNC(=O)CNc2ccccc2OC(F)F)c1. The summed E-state index contributed by atoms with van der Waals surface area (Å²) in [7, 11) is 0. The fourth-order valence-electron chi connectivity index (χ4n) is 2.11. The van der Waals surface area contributed by atoms with Gasteiger partial charge in [0.05, 0.1) is 18.8 Å². The third-order valence-corrected chi connectivity index (χ3v) is 3.23. The molecule has 0 bridgehead atoms.